The third kappa shape index (κ3) is 4.37. The highest BCUT2D eigenvalue weighted by Crippen LogP contribution is 2.03. The number of amides is 1. The number of nitrogens with zero attached hydrogens (tertiary/aromatic N) is 1. The van der Waals surface area contributed by atoms with Gasteiger partial charge in [0.1, 0.15) is 0 Å². The number of carbonyl (C=O) groups is 1. The van der Waals surface area contributed by atoms with Gasteiger partial charge in [-0.15, -0.1) is 12.3 Å². The first-order chi connectivity index (χ1) is 8.19. The van der Waals surface area contributed by atoms with E-state index in [0.717, 1.165) is 32.6 Å². The molecule has 1 heterocycles. The highest BCUT2D eigenvalue weighted by Gasteiger charge is 2.23. The van der Waals surface area contributed by atoms with Gasteiger partial charge in [-0.25, -0.2) is 0 Å². The lowest BCUT2D eigenvalue weighted by Gasteiger charge is -2.32. The lowest BCUT2D eigenvalue weighted by molar-refractivity contribution is -0.126. The summed E-state index contributed by atoms with van der Waals surface area (Å²) >= 11 is 0. The van der Waals surface area contributed by atoms with Gasteiger partial charge < -0.3 is 10.6 Å². The summed E-state index contributed by atoms with van der Waals surface area (Å²) in [5.74, 6) is 2.70. The number of carbonyl (C=O) groups excluding carboxylic acids is 1. The van der Waals surface area contributed by atoms with Gasteiger partial charge in [0.25, 0.3) is 0 Å². The molecule has 2 unspecified atom stereocenters. The van der Waals surface area contributed by atoms with Gasteiger partial charge in [-0.3, -0.25) is 9.69 Å². The fourth-order valence-electron chi connectivity index (χ4n) is 2.00. The van der Waals surface area contributed by atoms with Crippen LogP contribution in [0.15, 0.2) is 0 Å². The van der Waals surface area contributed by atoms with Crippen molar-refractivity contribution < 1.29 is 4.79 Å². The predicted molar refractivity (Wildman–Crippen MR) is 69.6 cm³/mol. The van der Waals surface area contributed by atoms with Crippen LogP contribution in [-0.4, -0.2) is 49.1 Å². The molecule has 0 radical (unpaired) electrons. The van der Waals surface area contributed by atoms with E-state index in [9.17, 15) is 4.79 Å². The lowest BCUT2D eigenvalue weighted by atomic mass is 10.1. The maximum atomic E-state index is 12.0. The van der Waals surface area contributed by atoms with E-state index in [2.05, 4.69) is 21.5 Å². The molecule has 0 aliphatic carbocycles. The van der Waals surface area contributed by atoms with E-state index >= 15 is 0 Å². The van der Waals surface area contributed by atoms with Gasteiger partial charge in [-0.2, -0.15) is 0 Å². The van der Waals surface area contributed by atoms with Crippen LogP contribution >= 0.6 is 0 Å². The molecule has 0 aromatic carbocycles. The first-order valence-electron chi connectivity index (χ1n) is 6.37. The third-order valence-electron chi connectivity index (χ3n) is 3.28. The molecule has 1 aliphatic rings. The first-order valence-corrected chi connectivity index (χ1v) is 6.37. The molecule has 0 saturated carbocycles. The second-order valence-electron chi connectivity index (χ2n) is 4.48. The Bertz CT molecular complexity index is 279. The summed E-state index contributed by atoms with van der Waals surface area (Å²) in [5, 5.41) is 6.30. The van der Waals surface area contributed by atoms with Crippen LogP contribution < -0.4 is 10.6 Å². The van der Waals surface area contributed by atoms with Crippen LogP contribution in [0.3, 0.4) is 0 Å². The summed E-state index contributed by atoms with van der Waals surface area (Å²) in [6.07, 6.45) is 6.77. The summed E-state index contributed by atoms with van der Waals surface area (Å²) in [6, 6.07) is 0.0433. The Morgan fingerprint density at radius 2 is 2.18 bits per heavy atom. The molecular weight excluding hydrogens is 214 g/mol. The molecule has 1 saturated heterocycles. The van der Waals surface area contributed by atoms with Crippen molar-refractivity contribution >= 4 is 5.91 Å². The van der Waals surface area contributed by atoms with Crippen LogP contribution in [0.4, 0.5) is 0 Å². The highest BCUT2D eigenvalue weighted by atomic mass is 16.2. The zero-order chi connectivity index (χ0) is 12.7. The monoisotopic (exact) mass is 237 g/mol. The van der Waals surface area contributed by atoms with Crippen molar-refractivity contribution in [3.63, 3.8) is 0 Å². The summed E-state index contributed by atoms with van der Waals surface area (Å²) < 4.78 is 0. The van der Waals surface area contributed by atoms with Crippen LogP contribution in [0.2, 0.25) is 0 Å². The zero-order valence-corrected chi connectivity index (χ0v) is 10.8. The average molecular weight is 237 g/mol. The molecule has 17 heavy (non-hydrogen) atoms. The molecule has 0 spiro atoms. The summed E-state index contributed by atoms with van der Waals surface area (Å²) in [6.45, 7) is 7.78. The molecule has 0 aromatic rings. The number of nitrogens with one attached hydrogen (secondary N) is 2. The fourth-order valence-corrected chi connectivity index (χ4v) is 2.00. The van der Waals surface area contributed by atoms with Crippen LogP contribution in [0.5, 0.6) is 0 Å². The van der Waals surface area contributed by atoms with Crippen molar-refractivity contribution in [2.45, 2.75) is 38.8 Å². The first kappa shape index (κ1) is 14.0. The van der Waals surface area contributed by atoms with E-state index in [0.29, 0.717) is 6.42 Å². The SMILES string of the molecule is C#CCC(CC)NC(=O)C(C)N1CCNCC1. The zero-order valence-electron chi connectivity index (χ0n) is 10.8. The van der Waals surface area contributed by atoms with E-state index in [-0.39, 0.29) is 18.0 Å². The molecule has 1 fully saturated rings. The molecule has 1 aliphatic heterocycles. The van der Waals surface area contributed by atoms with Crippen LogP contribution in [0, 0.1) is 12.3 Å². The molecule has 96 valence electrons. The number of terminal acetylenes is 1. The topological polar surface area (TPSA) is 44.4 Å². The predicted octanol–water partition coefficient (Wildman–Crippen LogP) is 0.198. The van der Waals surface area contributed by atoms with Crippen molar-refractivity contribution in [2.24, 2.45) is 0 Å². The van der Waals surface area contributed by atoms with Crippen molar-refractivity contribution in [1.82, 2.24) is 15.5 Å². The van der Waals surface area contributed by atoms with Crippen LogP contribution in [0.25, 0.3) is 0 Å². The standard InChI is InChI=1S/C13H23N3O/c1-4-6-12(5-2)15-13(17)11(3)16-9-7-14-8-10-16/h1,11-12,14H,5-10H2,2-3H3,(H,15,17). The molecule has 4 heteroatoms. The normalized spacial score (nSPS) is 20.3. The van der Waals surface area contributed by atoms with Crippen molar-refractivity contribution in [3.05, 3.63) is 0 Å². The molecule has 2 N–H and O–H groups in total. The van der Waals surface area contributed by atoms with E-state index in [1.807, 2.05) is 13.8 Å². The fraction of sp³-hybridized carbons (Fsp3) is 0.769. The molecule has 1 amide bonds. The Morgan fingerprint density at radius 1 is 1.53 bits per heavy atom. The van der Waals surface area contributed by atoms with Gasteiger partial charge in [0.15, 0.2) is 0 Å². The molecular formula is C13H23N3O. The van der Waals surface area contributed by atoms with E-state index in [1.54, 1.807) is 0 Å². The third-order valence-corrected chi connectivity index (χ3v) is 3.28. The minimum absolute atomic E-state index is 0.0658. The van der Waals surface area contributed by atoms with E-state index in [1.165, 1.54) is 0 Å². The van der Waals surface area contributed by atoms with Crippen LogP contribution in [-0.2, 0) is 4.79 Å². The number of rotatable bonds is 5. The maximum Gasteiger partial charge on any atom is 0.237 e. The molecule has 0 bridgehead atoms. The Hall–Kier alpha value is -1.05. The quantitative estimate of drug-likeness (QED) is 0.671. The van der Waals surface area contributed by atoms with Crippen molar-refractivity contribution in [1.29, 1.82) is 0 Å². The summed E-state index contributed by atoms with van der Waals surface area (Å²) in [7, 11) is 0. The van der Waals surface area contributed by atoms with Crippen molar-refractivity contribution in [3.8, 4) is 12.3 Å². The van der Waals surface area contributed by atoms with Gasteiger partial charge in [0.2, 0.25) is 5.91 Å². The van der Waals surface area contributed by atoms with Gasteiger partial charge in [-0.05, 0) is 13.3 Å². The van der Waals surface area contributed by atoms with Gasteiger partial charge >= 0.3 is 0 Å². The second kappa shape index (κ2) is 7.31. The Labute approximate surface area is 104 Å². The smallest absolute Gasteiger partial charge is 0.237 e. The maximum absolute atomic E-state index is 12.0. The molecule has 4 nitrogen and oxygen atoms in total. The number of hydrogen-bond acceptors (Lipinski definition) is 3. The minimum atomic E-state index is -0.0658. The number of piperazine rings is 1. The summed E-state index contributed by atoms with van der Waals surface area (Å²) in [5.41, 5.74) is 0. The van der Waals surface area contributed by atoms with Gasteiger partial charge in [-0.1, -0.05) is 6.92 Å². The van der Waals surface area contributed by atoms with E-state index in [4.69, 9.17) is 6.42 Å². The Balaban J connectivity index is 2.42. The van der Waals surface area contributed by atoms with Crippen molar-refractivity contribution in [2.75, 3.05) is 26.2 Å². The Morgan fingerprint density at radius 3 is 2.71 bits per heavy atom. The second-order valence-corrected chi connectivity index (χ2v) is 4.48. The Kier molecular flexibility index (Phi) is 6.03. The molecule has 0 aromatic heterocycles. The van der Waals surface area contributed by atoms with Crippen LogP contribution in [0.1, 0.15) is 26.7 Å². The average Bonchev–Trinajstić information content (AvgIpc) is 2.38. The van der Waals surface area contributed by atoms with E-state index < -0.39 is 0 Å². The number of hydrogen-bond donors (Lipinski definition) is 2. The summed E-state index contributed by atoms with van der Waals surface area (Å²) in [4.78, 5) is 14.2. The molecule has 2 atom stereocenters. The lowest BCUT2D eigenvalue weighted by Crippen LogP contribution is -2.53. The van der Waals surface area contributed by atoms with Gasteiger partial charge in [0, 0.05) is 38.6 Å². The highest BCUT2D eigenvalue weighted by molar-refractivity contribution is 5.81. The minimum Gasteiger partial charge on any atom is -0.351 e. The van der Waals surface area contributed by atoms with Gasteiger partial charge in [0.05, 0.1) is 6.04 Å². The largest absolute Gasteiger partial charge is 0.351 e. The molecule has 1 rings (SSSR count).